The maximum Gasteiger partial charge on any atom is 0.242 e. The lowest BCUT2D eigenvalue weighted by atomic mass is 9.90. The zero-order valence-electron chi connectivity index (χ0n) is 11.9. The van der Waals surface area contributed by atoms with Crippen molar-refractivity contribution in [1.29, 1.82) is 0 Å². The van der Waals surface area contributed by atoms with E-state index in [9.17, 15) is 4.79 Å². The number of hydrogen-bond donors (Lipinski definition) is 2. The zero-order valence-corrected chi connectivity index (χ0v) is 11.9. The van der Waals surface area contributed by atoms with Crippen molar-refractivity contribution < 1.29 is 4.79 Å². The second-order valence-electron chi connectivity index (χ2n) is 5.19. The van der Waals surface area contributed by atoms with Crippen molar-refractivity contribution >= 4 is 5.91 Å². The summed E-state index contributed by atoms with van der Waals surface area (Å²) in [5.74, 6) is -0.378. The van der Waals surface area contributed by atoms with E-state index in [4.69, 9.17) is 5.73 Å². The van der Waals surface area contributed by atoms with E-state index in [0.29, 0.717) is 6.54 Å². The lowest BCUT2D eigenvalue weighted by Gasteiger charge is -2.28. The van der Waals surface area contributed by atoms with Gasteiger partial charge in [0.05, 0.1) is 0 Å². The van der Waals surface area contributed by atoms with Crippen LogP contribution in [0.25, 0.3) is 0 Å². The Morgan fingerprint density at radius 2 is 1.70 bits per heavy atom. The van der Waals surface area contributed by atoms with Crippen LogP contribution in [0.15, 0.2) is 54.6 Å². The lowest BCUT2D eigenvalue weighted by molar-refractivity contribution is -0.124. The molecule has 3 nitrogen and oxygen atoms in total. The van der Waals surface area contributed by atoms with Crippen molar-refractivity contribution in [2.75, 3.05) is 0 Å². The van der Waals surface area contributed by atoms with Crippen molar-refractivity contribution in [3.05, 3.63) is 71.3 Å². The molecular formula is C17H20N2O. The van der Waals surface area contributed by atoms with E-state index < -0.39 is 5.54 Å². The maximum absolute atomic E-state index is 11.9. The molecule has 0 aliphatic carbocycles. The van der Waals surface area contributed by atoms with Gasteiger partial charge in [0.15, 0.2) is 0 Å². The Hall–Kier alpha value is -2.13. The maximum atomic E-state index is 11.9. The van der Waals surface area contributed by atoms with Gasteiger partial charge in [-0.1, -0.05) is 60.2 Å². The number of primary amides is 1. The molecule has 0 spiro atoms. The summed E-state index contributed by atoms with van der Waals surface area (Å²) in [6.45, 7) is 4.43. The predicted molar refractivity (Wildman–Crippen MR) is 81.0 cm³/mol. The Bertz CT molecular complexity index is 578. The van der Waals surface area contributed by atoms with Gasteiger partial charge in [-0.25, -0.2) is 0 Å². The van der Waals surface area contributed by atoms with Gasteiger partial charge >= 0.3 is 0 Å². The minimum atomic E-state index is -0.871. The molecule has 20 heavy (non-hydrogen) atoms. The molecule has 1 atom stereocenters. The molecule has 2 aromatic carbocycles. The van der Waals surface area contributed by atoms with Crippen LogP contribution in [0, 0.1) is 6.92 Å². The van der Waals surface area contributed by atoms with Gasteiger partial charge in [0, 0.05) is 6.54 Å². The number of amides is 1. The Labute approximate surface area is 119 Å². The molecule has 0 aliphatic heterocycles. The number of nitrogens with one attached hydrogen (secondary N) is 1. The highest BCUT2D eigenvalue weighted by atomic mass is 16.1. The van der Waals surface area contributed by atoms with Crippen LogP contribution in [-0.4, -0.2) is 5.91 Å². The van der Waals surface area contributed by atoms with Crippen LogP contribution >= 0.6 is 0 Å². The number of carbonyl (C=O) groups excluding carboxylic acids is 1. The van der Waals surface area contributed by atoms with Crippen molar-refractivity contribution in [3.8, 4) is 0 Å². The molecule has 3 N–H and O–H groups in total. The van der Waals surface area contributed by atoms with Crippen LogP contribution in [0.5, 0.6) is 0 Å². The van der Waals surface area contributed by atoms with Crippen LogP contribution < -0.4 is 11.1 Å². The first-order valence-corrected chi connectivity index (χ1v) is 6.68. The minimum Gasteiger partial charge on any atom is -0.368 e. The molecule has 2 rings (SSSR count). The van der Waals surface area contributed by atoms with Crippen LogP contribution in [0.3, 0.4) is 0 Å². The summed E-state index contributed by atoms with van der Waals surface area (Å²) in [4.78, 5) is 11.9. The van der Waals surface area contributed by atoms with E-state index in [0.717, 1.165) is 16.7 Å². The smallest absolute Gasteiger partial charge is 0.242 e. The molecule has 1 unspecified atom stereocenters. The third-order valence-corrected chi connectivity index (χ3v) is 3.61. The Balaban J connectivity index is 2.21. The summed E-state index contributed by atoms with van der Waals surface area (Å²) < 4.78 is 0. The molecule has 0 aromatic heterocycles. The van der Waals surface area contributed by atoms with Gasteiger partial charge in [-0.15, -0.1) is 0 Å². The second-order valence-corrected chi connectivity index (χ2v) is 5.19. The molecule has 0 heterocycles. The zero-order chi connectivity index (χ0) is 14.6. The van der Waals surface area contributed by atoms with E-state index in [1.807, 2.05) is 68.4 Å². The normalized spacial score (nSPS) is 13.7. The fraction of sp³-hybridized carbons (Fsp3) is 0.235. The molecule has 0 saturated carbocycles. The monoisotopic (exact) mass is 268 g/mol. The van der Waals surface area contributed by atoms with E-state index in [2.05, 4.69) is 5.32 Å². The molecule has 0 radical (unpaired) electrons. The van der Waals surface area contributed by atoms with Crippen molar-refractivity contribution in [2.45, 2.75) is 25.9 Å². The number of benzene rings is 2. The van der Waals surface area contributed by atoms with Gasteiger partial charge in [-0.05, 0) is 25.0 Å². The second kappa shape index (κ2) is 5.88. The van der Waals surface area contributed by atoms with E-state index in [1.165, 1.54) is 0 Å². The molecule has 0 fully saturated rings. The van der Waals surface area contributed by atoms with E-state index in [-0.39, 0.29) is 5.91 Å². The standard InChI is InChI=1S/C17H20N2O/c1-13-8-10-15(11-9-13)17(2,16(18)20)19-12-14-6-4-3-5-7-14/h3-11,19H,12H2,1-2H3,(H2,18,20). The molecule has 3 heteroatoms. The number of aryl methyl sites for hydroxylation is 1. The minimum absolute atomic E-state index is 0.378. The largest absolute Gasteiger partial charge is 0.368 e. The first-order chi connectivity index (χ1) is 9.52. The summed E-state index contributed by atoms with van der Waals surface area (Å²) in [5, 5.41) is 3.27. The predicted octanol–water partition coefficient (Wildman–Crippen LogP) is 2.49. The van der Waals surface area contributed by atoms with Crippen molar-refractivity contribution in [2.24, 2.45) is 5.73 Å². The molecule has 104 valence electrons. The van der Waals surface area contributed by atoms with E-state index >= 15 is 0 Å². The molecule has 0 aliphatic rings. The van der Waals surface area contributed by atoms with Gasteiger partial charge in [0.1, 0.15) is 5.54 Å². The Morgan fingerprint density at radius 3 is 2.25 bits per heavy atom. The van der Waals surface area contributed by atoms with Gasteiger partial charge in [-0.2, -0.15) is 0 Å². The highest BCUT2D eigenvalue weighted by Gasteiger charge is 2.32. The van der Waals surface area contributed by atoms with Crippen LogP contribution in [0.2, 0.25) is 0 Å². The van der Waals surface area contributed by atoms with Crippen LogP contribution in [0.1, 0.15) is 23.6 Å². The number of hydrogen-bond acceptors (Lipinski definition) is 2. The highest BCUT2D eigenvalue weighted by molar-refractivity contribution is 5.85. The average Bonchev–Trinajstić information content (AvgIpc) is 2.46. The SMILES string of the molecule is Cc1ccc(C(C)(NCc2ccccc2)C(N)=O)cc1. The molecule has 0 saturated heterocycles. The topological polar surface area (TPSA) is 55.1 Å². The summed E-state index contributed by atoms with van der Waals surface area (Å²) in [6, 6.07) is 17.8. The van der Waals surface area contributed by atoms with Crippen LogP contribution in [-0.2, 0) is 16.9 Å². The third kappa shape index (κ3) is 3.06. The molecule has 0 bridgehead atoms. The molecular weight excluding hydrogens is 248 g/mol. The summed E-state index contributed by atoms with van der Waals surface area (Å²) >= 11 is 0. The lowest BCUT2D eigenvalue weighted by Crippen LogP contribution is -2.50. The highest BCUT2D eigenvalue weighted by Crippen LogP contribution is 2.21. The fourth-order valence-corrected chi connectivity index (χ4v) is 2.09. The van der Waals surface area contributed by atoms with Gasteiger partial charge in [0.25, 0.3) is 0 Å². The number of rotatable bonds is 5. The molecule has 1 amide bonds. The van der Waals surface area contributed by atoms with E-state index in [1.54, 1.807) is 0 Å². The summed E-state index contributed by atoms with van der Waals surface area (Å²) in [5.41, 5.74) is 7.89. The quantitative estimate of drug-likeness (QED) is 0.875. The van der Waals surface area contributed by atoms with Gasteiger partial charge < -0.3 is 5.73 Å². The first-order valence-electron chi connectivity index (χ1n) is 6.68. The third-order valence-electron chi connectivity index (χ3n) is 3.61. The average molecular weight is 268 g/mol. The van der Waals surface area contributed by atoms with Gasteiger partial charge in [0.2, 0.25) is 5.91 Å². The number of nitrogens with two attached hydrogens (primary N) is 1. The first kappa shape index (κ1) is 14.3. The number of carbonyl (C=O) groups is 1. The Morgan fingerprint density at radius 1 is 1.10 bits per heavy atom. The summed E-state index contributed by atoms with van der Waals surface area (Å²) in [7, 11) is 0. The van der Waals surface area contributed by atoms with Gasteiger partial charge in [-0.3, -0.25) is 10.1 Å². The Kier molecular flexibility index (Phi) is 4.20. The summed E-state index contributed by atoms with van der Waals surface area (Å²) in [6.07, 6.45) is 0. The van der Waals surface area contributed by atoms with Crippen molar-refractivity contribution in [3.63, 3.8) is 0 Å². The molecule has 2 aromatic rings. The van der Waals surface area contributed by atoms with Crippen LogP contribution in [0.4, 0.5) is 0 Å². The van der Waals surface area contributed by atoms with Crippen molar-refractivity contribution in [1.82, 2.24) is 5.32 Å². The fourth-order valence-electron chi connectivity index (χ4n) is 2.09.